The normalized spacial score (nSPS) is 18.1. The van der Waals surface area contributed by atoms with Crippen molar-refractivity contribution in [2.45, 2.75) is 19.9 Å². The van der Waals surface area contributed by atoms with Crippen LogP contribution in [0.2, 0.25) is 0 Å². The number of rotatable bonds is 2. The molecule has 1 aliphatic heterocycles. The molecule has 0 radical (unpaired) electrons. The summed E-state index contributed by atoms with van der Waals surface area (Å²) in [6.45, 7) is 4.94. The fourth-order valence-electron chi connectivity index (χ4n) is 1.24. The van der Waals surface area contributed by atoms with E-state index in [4.69, 9.17) is 11.0 Å². The Morgan fingerprint density at radius 2 is 2.07 bits per heavy atom. The smallest absolute Gasteiger partial charge is 0.239 e. The van der Waals surface area contributed by atoms with E-state index in [1.807, 2.05) is 13.8 Å². The van der Waals surface area contributed by atoms with Crippen molar-refractivity contribution in [3.63, 3.8) is 0 Å². The third-order valence-electron chi connectivity index (χ3n) is 2.38. The maximum atomic E-state index is 11.5. The summed E-state index contributed by atoms with van der Waals surface area (Å²) in [6, 6.07) is 1.70. The zero-order chi connectivity index (χ0) is 10.0. The predicted molar refractivity (Wildman–Crippen MR) is 55.7 cm³/mol. The van der Waals surface area contributed by atoms with Crippen LogP contribution in [0.4, 0.5) is 0 Å². The van der Waals surface area contributed by atoms with Gasteiger partial charge in [-0.25, -0.2) is 0 Å². The first-order valence-corrected chi connectivity index (χ1v) is 4.50. The summed E-state index contributed by atoms with van der Waals surface area (Å²) in [5.74, 6) is 0.151. The minimum atomic E-state index is -0.417. The molecular formula is C9H16ClN3O. The van der Waals surface area contributed by atoms with Crippen LogP contribution >= 0.6 is 12.4 Å². The third-order valence-corrected chi connectivity index (χ3v) is 2.38. The Balaban J connectivity index is 0.00000169. The highest BCUT2D eigenvalue weighted by Gasteiger charge is 2.33. The Kier molecular flexibility index (Phi) is 4.89. The molecule has 14 heavy (non-hydrogen) atoms. The van der Waals surface area contributed by atoms with Gasteiger partial charge in [-0.2, -0.15) is 5.26 Å². The lowest BCUT2D eigenvalue weighted by molar-refractivity contribution is -0.138. The number of hydrogen-bond donors (Lipinski definition) is 1. The fourth-order valence-corrected chi connectivity index (χ4v) is 1.24. The van der Waals surface area contributed by atoms with Crippen molar-refractivity contribution in [2.24, 2.45) is 17.6 Å². The van der Waals surface area contributed by atoms with Gasteiger partial charge in [-0.1, -0.05) is 13.8 Å². The van der Waals surface area contributed by atoms with Crippen molar-refractivity contribution in [3.8, 4) is 6.07 Å². The number of likely N-dealkylation sites (tertiary alicyclic amines) is 1. The van der Waals surface area contributed by atoms with Crippen molar-refractivity contribution in [3.05, 3.63) is 0 Å². The number of amides is 1. The molecule has 80 valence electrons. The highest BCUT2D eigenvalue weighted by Crippen LogP contribution is 2.16. The van der Waals surface area contributed by atoms with Gasteiger partial charge in [-0.3, -0.25) is 4.79 Å². The SMILES string of the molecule is CC(C)[C@@H](N)C(=O)N1CC(C#N)C1.Cl. The molecule has 0 bridgehead atoms. The van der Waals surface area contributed by atoms with Crippen LogP contribution in [0.1, 0.15) is 13.8 Å². The van der Waals surface area contributed by atoms with Gasteiger partial charge in [0.1, 0.15) is 0 Å². The van der Waals surface area contributed by atoms with Gasteiger partial charge in [-0.05, 0) is 5.92 Å². The fraction of sp³-hybridized carbons (Fsp3) is 0.778. The first kappa shape index (κ1) is 13.2. The van der Waals surface area contributed by atoms with Gasteiger partial charge >= 0.3 is 0 Å². The van der Waals surface area contributed by atoms with Crippen molar-refractivity contribution in [1.82, 2.24) is 4.90 Å². The maximum absolute atomic E-state index is 11.5. The highest BCUT2D eigenvalue weighted by atomic mass is 35.5. The summed E-state index contributed by atoms with van der Waals surface area (Å²) in [5.41, 5.74) is 5.68. The zero-order valence-corrected chi connectivity index (χ0v) is 9.25. The lowest BCUT2D eigenvalue weighted by Gasteiger charge is -2.37. The molecule has 0 saturated carbocycles. The van der Waals surface area contributed by atoms with E-state index in [-0.39, 0.29) is 30.2 Å². The first-order valence-electron chi connectivity index (χ1n) is 4.50. The molecular weight excluding hydrogens is 202 g/mol. The molecule has 0 aliphatic carbocycles. The Morgan fingerprint density at radius 1 is 1.57 bits per heavy atom. The van der Waals surface area contributed by atoms with Crippen LogP contribution in [0, 0.1) is 23.2 Å². The van der Waals surface area contributed by atoms with Crippen LogP contribution < -0.4 is 5.73 Å². The molecule has 1 saturated heterocycles. The van der Waals surface area contributed by atoms with Gasteiger partial charge in [0.05, 0.1) is 18.0 Å². The summed E-state index contributed by atoms with van der Waals surface area (Å²) in [5, 5.41) is 8.51. The summed E-state index contributed by atoms with van der Waals surface area (Å²) in [7, 11) is 0. The molecule has 1 rings (SSSR count). The number of nitrogens with two attached hydrogens (primary N) is 1. The predicted octanol–water partition coefficient (Wildman–Crippen LogP) is 0.373. The van der Waals surface area contributed by atoms with E-state index < -0.39 is 6.04 Å². The van der Waals surface area contributed by atoms with E-state index in [0.29, 0.717) is 13.1 Å². The standard InChI is InChI=1S/C9H15N3O.ClH/c1-6(2)8(11)9(13)12-4-7(3-10)5-12;/h6-8H,4-5,11H2,1-2H3;1H/t8-;/m1./s1. The van der Waals surface area contributed by atoms with Crippen molar-refractivity contribution in [2.75, 3.05) is 13.1 Å². The molecule has 4 nitrogen and oxygen atoms in total. The van der Waals surface area contributed by atoms with E-state index in [0.717, 1.165) is 0 Å². The van der Waals surface area contributed by atoms with Crippen molar-refractivity contribution >= 4 is 18.3 Å². The molecule has 0 aromatic carbocycles. The Morgan fingerprint density at radius 3 is 2.43 bits per heavy atom. The van der Waals surface area contributed by atoms with Gasteiger partial charge in [0.15, 0.2) is 0 Å². The number of hydrogen-bond acceptors (Lipinski definition) is 3. The van der Waals surface area contributed by atoms with Crippen LogP contribution in [-0.4, -0.2) is 29.9 Å². The summed E-state index contributed by atoms with van der Waals surface area (Å²) in [4.78, 5) is 13.2. The molecule has 5 heteroatoms. The first-order chi connectivity index (χ1) is 6.06. The van der Waals surface area contributed by atoms with Crippen LogP contribution in [0.3, 0.4) is 0 Å². The highest BCUT2D eigenvalue weighted by molar-refractivity contribution is 5.85. The molecule has 0 aromatic rings. The second-order valence-electron chi connectivity index (χ2n) is 3.84. The Hall–Kier alpha value is -0.790. The van der Waals surface area contributed by atoms with Crippen molar-refractivity contribution < 1.29 is 4.79 Å². The molecule has 1 fully saturated rings. The van der Waals surface area contributed by atoms with Gasteiger partial charge in [-0.15, -0.1) is 12.4 Å². The van der Waals surface area contributed by atoms with E-state index in [1.54, 1.807) is 4.90 Å². The number of carbonyl (C=O) groups is 1. The average molecular weight is 218 g/mol. The van der Waals surface area contributed by atoms with E-state index in [1.165, 1.54) is 0 Å². The molecule has 2 N–H and O–H groups in total. The molecule has 1 aliphatic rings. The van der Waals surface area contributed by atoms with Crippen molar-refractivity contribution in [1.29, 1.82) is 5.26 Å². The second kappa shape index (κ2) is 5.18. The third kappa shape index (κ3) is 2.60. The van der Waals surface area contributed by atoms with E-state index >= 15 is 0 Å². The number of carbonyl (C=O) groups excluding carboxylic acids is 1. The number of nitrogens with zero attached hydrogens (tertiary/aromatic N) is 2. The van der Waals surface area contributed by atoms with Crippen LogP contribution in [0.5, 0.6) is 0 Å². The van der Waals surface area contributed by atoms with E-state index in [2.05, 4.69) is 6.07 Å². The maximum Gasteiger partial charge on any atom is 0.239 e. The molecule has 0 unspecified atom stereocenters. The second-order valence-corrected chi connectivity index (χ2v) is 3.84. The Bertz CT molecular complexity index is 243. The summed E-state index contributed by atoms with van der Waals surface area (Å²) in [6.07, 6.45) is 0. The van der Waals surface area contributed by atoms with Gasteiger partial charge in [0.25, 0.3) is 0 Å². The lowest BCUT2D eigenvalue weighted by Crippen LogP contribution is -2.56. The van der Waals surface area contributed by atoms with Gasteiger partial charge < -0.3 is 10.6 Å². The quantitative estimate of drug-likeness (QED) is 0.727. The summed E-state index contributed by atoms with van der Waals surface area (Å²) < 4.78 is 0. The van der Waals surface area contributed by atoms with E-state index in [9.17, 15) is 4.79 Å². The monoisotopic (exact) mass is 217 g/mol. The van der Waals surface area contributed by atoms with Crippen LogP contribution in [0.15, 0.2) is 0 Å². The average Bonchev–Trinajstić information content (AvgIpc) is 2.00. The number of nitriles is 1. The molecule has 1 amide bonds. The van der Waals surface area contributed by atoms with Crippen LogP contribution in [-0.2, 0) is 4.79 Å². The van der Waals surface area contributed by atoms with Gasteiger partial charge in [0, 0.05) is 13.1 Å². The topological polar surface area (TPSA) is 70.1 Å². The molecule has 1 heterocycles. The zero-order valence-electron chi connectivity index (χ0n) is 8.43. The largest absolute Gasteiger partial charge is 0.339 e. The molecule has 0 spiro atoms. The Labute approximate surface area is 90.5 Å². The minimum absolute atomic E-state index is 0. The molecule has 1 atom stereocenters. The lowest BCUT2D eigenvalue weighted by atomic mass is 9.97. The minimum Gasteiger partial charge on any atom is -0.339 e. The van der Waals surface area contributed by atoms with Crippen LogP contribution in [0.25, 0.3) is 0 Å². The molecule has 0 aromatic heterocycles. The van der Waals surface area contributed by atoms with Gasteiger partial charge in [0.2, 0.25) is 5.91 Å². The number of halogens is 1. The summed E-state index contributed by atoms with van der Waals surface area (Å²) >= 11 is 0.